The van der Waals surface area contributed by atoms with Gasteiger partial charge in [-0.25, -0.2) is 4.79 Å². The molecule has 4 atom stereocenters. The molecule has 5 rings (SSSR count). The summed E-state index contributed by atoms with van der Waals surface area (Å²) >= 11 is 0. The van der Waals surface area contributed by atoms with E-state index in [1.165, 1.54) is 0 Å². The van der Waals surface area contributed by atoms with E-state index in [0.29, 0.717) is 47.6 Å². The fourth-order valence-electron chi connectivity index (χ4n) is 6.35. The number of likely N-dealkylation sites (tertiary alicyclic amines) is 1. The lowest BCUT2D eigenvalue weighted by molar-refractivity contribution is 0.0296. The van der Waals surface area contributed by atoms with E-state index in [9.17, 15) is 4.79 Å². The summed E-state index contributed by atoms with van der Waals surface area (Å²) < 4.78 is 41.7. The van der Waals surface area contributed by atoms with Gasteiger partial charge in [0.1, 0.15) is 40.1 Å². The number of benzene rings is 4. The van der Waals surface area contributed by atoms with Crippen LogP contribution in [0.4, 0.5) is 4.79 Å². The molecule has 4 aromatic rings. The summed E-state index contributed by atoms with van der Waals surface area (Å²) in [5.74, 6) is 3.90. The highest BCUT2D eigenvalue weighted by Crippen LogP contribution is 2.58. The normalized spacial score (nSPS) is 17.0. The Morgan fingerprint density at radius 1 is 0.580 bits per heavy atom. The summed E-state index contributed by atoms with van der Waals surface area (Å²) in [5.41, 5.74) is -0.831. The van der Waals surface area contributed by atoms with Crippen LogP contribution in [0.15, 0.2) is 84.9 Å². The number of methoxy groups -OCH3 is 6. The van der Waals surface area contributed by atoms with Crippen molar-refractivity contribution in [2.75, 3.05) is 55.7 Å². The molecule has 4 aromatic carbocycles. The highest BCUT2D eigenvalue weighted by molar-refractivity contribution is 7.78. The van der Waals surface area contributed by atoms with Gasteiger partial charge >= 0.3 is 6.09 Å². The van der Waals surface area contributed by atoms with Gasteiger partial charge in [-0.05, 0) is 47.2 Å². The highest BCUT2D eigenvalue weighted by atomic mass is 31.1. The molecule has 1 heterocycles. The molecule has 2 unspecified atom stereocenters. The third kappa shape index (κ3) is 7.90. The van der Waals surface area contributed by atoms with Crippen LogP contribution in [0.5, 0.6) is 34.5 Å². The molecule has 9 nitrogen and oxygen atoms in total. The molecule has 0 saturated carbocycles. The summed E-state index contributed by atoms with van der Waals surface area (Å²) in [6.45, 7) is 6.58. The summed E-state index contributed by atoms with van der Waals surface area (Å²) in [5, 5.41) is 4.13. The second kappa shape index (κ2) is 16.2. The Hall–Kier alpha value is -4.19. The van der Waals surface area contributed by atoms with E-state index in [0.717, 1.165) is 21.2 Å². The maximum Gasteiger partial charge on any atom is 0.410 e. The smallest absolute Gasteiger partial charge is 0.410 e. The van der Waals surface area contributed by atoms with Crippen molar-refractivity contribution in [2.45, 2.75) is 37.7 Å². The van der Waals surface area contributed by atoms with Crippen molar-refractivity contribution in [1.29, 1.82) is 0 Å². The zero-order valence-electron chi connectivity index (χ0n) is 30.3. The van der Waals surface area contributed by atoms with Crippen molar-refractivity contribution >= 4 is 43.2 Å². The van der Waals surface area contributed by atoms with Crippen molar-refractivity contribution in [3.05, 3.63) is 84.9 Å². The number of ether oxygens (including phenoxy) is 7. The van der Waals surface area contributed by atoms with Crippen LogP contribution in [-0.4, -0.2) is 83.7 Å². The van der Waals surface area contributed by atoms with E-state index < -0.39 is 21.4 Å². The van der Waals surface area contributed by atoms with Gasteiger partial charge in [0.2, 0.25) is 0 Å². The van der Waals surface area contributed by atoms with E-state index in [1.807, 2.05) is 62.1 Å². The topological polar surface area (TPSA) is 84.9 Å². The Balaban J connectivity index is 1.83. The SMILES string of the molecule is COc1cc(OC)c(P(c2ccccc2)[C@@H]2CN(C(=O)OC(C)(C)C)C[C@H]2P(c2ccccc2)c2c(OC)cc(OC)cc2OC)c(OC)c1. The van der Waals surface area contributed by atoms with Crippen LogP contribution < -0.4 is 49.6 Å². The first kappa shape index (κ1) is 37.1. The Morgan fingerprint density at radius 3 is 1.20 bits per heavy atom. The van der Waals surface area contributed by atoms with Crippen LogP contribution in [-0.2, 0) is 4.74 Å². The third-order valence-corrected chi connectivity index (χ3v) is 14.7. The molecule has 1 aliphatic heterocycles. The number of amides is 1. The lowest BCUT2D eigenvalue weighted by Gasteiger charge is -2.36. The van der Waals surface area contributed by atoms with Gasteiger partial charge < -0.3 is 38.1 Å². The third-order valence-electron chi connectivity index (χ3n) is 8.50. The Bertz CT molecular complexity index is 1580. The second-order valence-corrected chi connectivity index (χ2v) is 17.4. The Kier molecular flexibility index (Phi) is 12.0. The van der Waals surface area contributed by atoms with Gasteiger partial charge in [-0.1, -0.05) is 60.7 Å². The van der Waals surface area contributed by atoms with Crippen molar-refractivity contribution in [1.82, 2.24) is 4.90 Å². The van der Waals surface area contributed by atoms with E-state index in [2.05, 4.69) is 48.5 Å². The first-order chi connectivity index (χ1) is 24.1. The van der Waals surface area contributed by atoms with E-state index in [4.69, 9.17) is 33.2 Å². The molecule has 50 heavy (non-hydrogen) atoms. The molecule has 1 amide bonds. The molecule has 0 aliphatic carbocycles. The average Bonchev–Trinajstić information content (AvgIpc) is 3.56. The molecule has 1 aliphatic rings. The molecule has 1 fully saturated rings. The molecule has 1 saturated heterocycles. The molecule has 0 radical (unpaired) electrons. The Morgan fingerprint density at radius 2 is 0.920 bits per heavy atom. The molecule has 266 valence electrons. The van der Waals surface area contributed by atoms with Gasteiger partial charge in [-0.2, -0.15) is 0 Å². The fraction of sp³-hybridized carbons (Fsp3) is 0.359. The molecular weight excluding hydrogens is 672 g/mol. The van der Waals surface area contributed by atoms with Gasteiger partial charge in [0.15, 0.2) is 0 Å². The summed E-state index contributed by atoms with van der Waals surface area (Å²) in [4.78, 5) is 15.9. The maximum atomic E-state index is 14.0. The lowest BCUT2D eigenvalue weighted by Crippen LogP contribution is -2.36. The predicted octanol–water partition coefficient (Wildman–Crippen LogP) is 6.29. The number of rotatable bonds is 12. The van der Waals surface area contributed by atoms with Crippen LogP contribution >= 0.6 is 15.8 Å². The fourth-order valence-corrected chi connectivity index (χ4v) is 13.3. The standard InChI is InChI=1S/C39H47NO8P2/c1-39(2,3)48-38(41)40-24-34(49(28-16-12-10-13-17-28)36-30(44-6)20-26(42-4)21-31(36)45-7)35(25-40)50(29-18-14-11-15-19-29)37-32(46-8)22-27(43-5)23-33(37)47-9/h10-23,34-35H,24-25H2,1-9H3/t34-,35-,49?,50?/m1/s1. The van der Waals surface area contributed by atoms with Crippen LogP contribution in [0.25, 0.3) is 0 Å². The number of carbonyl (C=O) groups excluding carboxylic acids is 1. The van der Waals surface area contributed by atoms with Crippen LogP contribution in [0, 0.1) is 0 Å². The number of nitrogens with zero attached hydrogens (tertiary/aromatic N) is 1. The summed E-state index contributed by atoms with van der Waals surface area (Å²) in [6.07, 6.45) is -0.349. The lowest BCUT2D eigenvalue weighted by atomic mass is 10.2. The van der Waals surface area contributed by atoms with Crippen LogP contribution in [0.3, 0.4) is 0 Å². The summed E-state index contributed by atoms with van der Waals surface area (Å²) in [6, 6.07) is 28.5. The number of hydrogen-bond acceptors (Lipinski definition) is 8. The van der Waals surface area contributed by atoms with Gasteiger partial charge in [-0.3, -0.25) is 0 Å². The summed E-state index contributed by atoms with van der Waals surface area (Å²) in [7, 11) is 7.43. The quantitative estimate of drug-likeness (QED) is 0.158. The van der Waals surface area contributed by atoms with Gasteiger partial charge in [0, 0.05) is 48.7 Å². The number of carbonyl (C=O) groups is 1. The molecule has 0 N–H and O–H groups in total. The minimum atomic E-state index is -1.24. The molecule has 11 heteroatoms. The molecule has 0 aromatic heterocycles. The van der Waals surface area contributed by atoms with Crippen molar-refractivity contribution in [2.24, 2.45) is 0 Å². The van der Waals surface area contributed by atoms with E-state index in [-0.39, 0.29) is 17.4 Å². The number of hydrogen-bond donors (Lipinski definition) is 0. The first-order valence-corrected chi connectivity index (χ1v) is 19.2. The second-order valence-electron chi connectivity index (χ2n) is 12.7. The predicted molar refractivity (Wildman–Crippen MR) is 203 cm³/mol. The van der Waals surface area contributed by atoms with Crippen molar-refractivity contribution in [3.63, 3.8) is 0 Å². The zero-order valence-corrected chi connectivity index (χ0v) is 32.0. The first-order valence-electron chi connectivity index (χ1n) is 16.3. The zero-order chi connectivity index (χ0) is 36.0. The minimum Gasteiger partial charge on any atom is -0.496 e. The largest absolute Gasteiger partial charge is 0.496 e. The van der Waals surface area contributed by atoms with E-state index in [1.54, 1.807) is 42.7 Å². The van der Waals surface area contributed by atoms with Crippen LogP contribution in [0.2, 0.25) is 0 Å². The van der Waals surface area contributed by atoms with Gasteiger partial charge in [-0.15, -0.1) is 0 Å². The Labute approximate surface area is 298 Å². The van der Waals surface area contributed by atoms with Crippen molar-refractivity contribution in [3.8, 4) is 34.5 Å². The molecular formula is C39H47NO8P2. The average molecular weight is 720 g/mol. The van der Waals surface area contributed by atoms with E-state index >= 15 is 0 Å². The minimum absolute atomic E-state index is 0.0843. The highest BCUT2D eigenvalue weighted by Gasteiger charge is 2.48. The maximum absolute atomic E-state index is 14.0. The monoisotopic (exact) mass is 719 g/mol. The van der Waals surface area contributed by atoms with Crippen molar-refractivity contribution < 1.29 is 38.0 Å². The molecule has 0 bridgehead atoms. The van der Waals surface area contributed by atoms with Crippen LogP contribution in [0.1, 0.15) is 20.8 Å². The van der Waals surface area contributed by atoms with Gasteiger partial charge in [0.25, 0.3) is 0 Å². The molecule has 0 spiro atoms. The van der Waals surface area contributed by atoms with Gasteiger partial charge in [0.05, 0.1) is 53.3 Å².